The van der Waals surface area contributed by atoms with Crippen LogP contribution in [0, 0.1) is 6.92 Å². The molecule has 36 heavy (non-hydrogen) atoms. The molecule has 1 unspecified atom stereocenters. The zero-order valence-corrected chi connectivity index (χ0v) is 20.4. The number of pyridine rings is 1. The van der Waals surface area contributed by atoms with Gasteiger partial charge >= 0.3 is 6.18 Å². The van der Waals surface area contributed by atoms with Crippen molar-refractivity contribution in [2.24, 2.45) is 0 Å². The molecule has 2 aliphatic heterocycles. The molecule has 0 radical (unpaired) electrons. The first-order chi connectivity index (χ1) is 16.9. The summed E-state index contributed by atoms with van der Waals surface area (Å²) >= 11 is 6.37. The first-order valence-electron chi connectivity index (χ1n) is 11.2. The van der Waals surface area contributed by atoms with Crippen LogP contribution in [0.2, 0.25) is 5.02 Å². The number of benzene rings is 2. The molecule has 0 spiro atoms. The van der Waals surface area contributed by atoms with E-state index in [1.54, 1.807) is 12.1 Å². The Labute approximate surface area is 210 Å². The third-order valence-corrected chi connectivity index (χ3v) is 6.35. The summed E-state index contributed by atoms with van der Waals surface area (Å²) in [5.74, 6) is -0.120. The van der Waals surface area contributed by atoms with Gasteiger partial charge in [-0.1, -0.05) is 23.7 Å². The van der Waals surface area contributed by atoms with E-state index >= 15 is 0 Å². The normalized spacial score (nSPS) is 17.4. The SMILES string of the molecule is Cc1cccc(Cl)c1NC1Nc2cc(C(=O)Nc3ccc(C(F)(F)F)cn3)c3c(c2N1)CC(C)(C)O3. The van der Waals surface area contributed by atoms with Crippen molar-refractivity contribution in [3.05, 3.63) is 69.9 Å². The molecule has 0 bridgehead atoms. The van der Waals surface area contributed by atoms with Gasteiger partial charge in [-0.2, -0.15) is 13.2 Å². The summed E-state index contributed by atoms with van der Waals surface area (Å²) in [5, 5.41) is 13.2. The summed E-state index contributed by atoms with van der Waals surface area (Å²) in [6.07, 6.45) is -3.68. The molecule has 3 heterocycles. The fourth-order valence-corrected chi connectivity index (χ4v) is 4.65. The van der Waals surface area contributed by atoms with Gasteiger partial charge in [0.1, 0.15) is 17.2 Å². The first-order valence-corrected chi connectivity index (χ1v) is 11.6. The number of carbonyl (C=O) groups excluding carboxylic acids is 1. The number of fused-ring (bicyclic) bond motifs is 3. The number of halogens is 4. The predicted octanol–water partition coefficient (Wildman–Crippen LogP) is 6.26. The first kappa shape index (κ1) is 24.1. The Kier molecular flexibility index (Phi) is 5.66. The number of alkyl halides is 3. The van der Waals surface area contributed by atoms with Crippen LogP contribution in [0.15, 0.2) is 42.6 Å². The van der Waals surface area contributed by atoms with Crippen LogP contribution in [-0.4, -0.2) is 22.8 Å². The van der Waals surface area contributed by atoms with Crippen LogP contribution < -0.4 is 26.0 Å². The van der Waals surface area contributed by atoms with E-state index in [4.69, 9.17) is 16.3 Å². The highest BCUT2D eigenvalue weighted by Crippen LogP contribution is 2.48. The second-order valence-corrected chi connectivity index (χ2v) is 9.78. The average Bonchev–Trinajstić information content (AvgIpc) is 3.34. The molecule has 0 saturated heterocycles. The highest BCUT2D eigenvalue weighted by Gasteiger charge is 2.39. The number of aromatic nitrogens is 1. The maximum Gasteiger partial charge on any atom is 0.417 e. The van der Waals surface area contributed by atoms with Crippen LogP contribution in [0.3, 0.4) is 0 Å². The third kappa shape index (κ3) is 4.48. The molecule has 1 atom stereocenters. The maximum absolute atomic E-state index is 13.2. The number of hydrogen-bond acceptors (Lipinski definition) is 6. The van der Waals surface area contributed by atoms with E-state index in [-0.39, 0.29) is 11.4 Å². The van der Waals surface area contributed by atoms with Gasteiger partial charge in [0.2, 0.25) is 0 Å². The molecule has 0 saturated carbocycles. The quantitative estimate of drug-likeness (QED) is 0.327. The smallest absolute Gasteiger partial charge is 0.417 e. The van der Waals surface area contributed by atoms with E-state index in [0.717, 1.165) is 34.6 Å². The van der Waals surface area contributed by atoms with Crippen molar-refractivity contribution in [2.45, 2.75) is 45.3 Å². The predicted molar refractivity (Wildman–Crippen MR) is 133 cm³/mol. The van der Waals surface area contributed by atoms with Crippen LogP contribution >= 0.6 is 11.6 Å². The van der Waals surface area contributed by atoms with E-state index in [1.807, 2.05) is 32.9 Å². The lowest BCUT2D eigenvalue weighted by Crippen LogP contribution is -2.32. The molecule has 2 aliphatic rings. The largest absolute Gasteiger partial charge is 0.486 e. The minimum absolute atomic E-state index is 0.000623. The summed E-state index contributed by atoms with van der Waals surface area (Å²) in [6.45, 7) is 5.79. The number of nitrogens with zero attached hydrogens (tertiary/aromatic N) is 1. The minimum atomic E-state index is -4.51. The average molecular weight is 518 g/mol. The van der Waals surface area contributed by atoms with Crippen molar-refractivity contribution in [1.82, 2.24) is 4.98 Å². The molecule has 1 amide bonds. The van der Waals surface area contributed by atoms with Gasteiger partial charge in [-0.05, 0) is 50.6 Å². The van der Waals surface area contributed by atoms with Crippen molar-refractivity contribution >= 4 is 40.4 Å². The van der Waals surface area contributed by atoms with Gasteiger partial charge in [-0.25, -0.2) is 4.98 Å². The van der Waals surface area contributed by atoms with Gasteiger partial charge in [0.25, 0.3) is 5.91 Å². The second kappa shape index (κ2) is 8.48. The minimum Gasteiger partial charge on any atom is -0.486 e. The Balaban J connectivity index is 1.43. The summed E-state index contributed by atoms with van der Waals surface area (Å²) in [4.78, 5) is 16.9. The highest BCUT2D eigenvalue weighted by atomic mass is 35.5. The van der Waals surface area contributed by atoms with Crippen molar-refractivity contribution in [3.8, 4) is 5.75 Å². The lowest BCUT2D eigenvalue weighted by Gasteiger charge is -2.19. The topological polar surface area (TPSA) is 87.3 Å². The van der Waals surface area contributed by atoms with Crippen molar-refractivity contribution in [3.63, 3.8) is 0 Å². The van der Waals surface area contributed by atoms with Crippen LogP contribution in [-0.2, 0) is 12.6 Å². The third-order valence-electron chi connectivity index (χ3n) is 6.04. The Bertz CT molecular complexity index is 1340. The summed E-state index contributed by atoms with van der Waals surface area (Å²) < 4.78 is 44.6. The van der Waals surface area contributed by atoms with Gasteiger partial charge in [-0.3, -0.25) is 4.79 Å². The van der Waals surface area contributed by atoms with Crippen molar-refractivity contribution in [2.75, 3.05) is 21.3 Å². The molecular weight excluding hydrogens is 495 g/mol. The Morgan fingerprint density at radius 3 is 2.67 bits per heavy atom. The molecule has 11 heteroatoms. The Hall–Kier alpha value is -3.66. The number of nitrogens with one attached hydrogen (secondary N) is 4. The fraction of sp³-hybridized carbons (Fsp3) is 0.280. The monoisotopic (exact) mass is 517 g/mol. The number of ether oxygens (including phenoxy) is 1. The summed E-state index contributed by atoms with van der Waals surface area (Å²) in [7, 11) is 0. The van der Waals surface area contributed by atoms with Gasteiger partial charge in [0.15, 0.2) is 6.29 Å². The van der Waals surface area contributed by atoms with Gasteiger partial charge in [0.05, 0.1) is 33.2 Å². The number of anilines is 4. The van der Waals surface area contributed by atoms with E-state index < -0.39 is 29.5 Å². The molecule has 1 aromatic heterocycles. The molecule has 7 nitrogen and oxygen atoms in total. The van der Waals surface area contributed by atoms with Crippen LogP contribution in [0.1, 0.15) is 40.9 Å². The van der Waals surface area contributed by atoms with Gasteiger partial charge in [-0.15, -0.1) is 0 Å². The van der Waals surface area contributed by atoms with Gasteiger partial charge in [0, 0.05) is 18.2 Å². The number of carbonyl (C=O) groups is 1. The summed E-state index contributed by atoms with van der Waals surface area (Å²) in [5.41, 5.74) is 2.87. The Morgan fingerprint density at radius 1 is 1.22 bits per heavy atom. The number of hydrogen-bond donors (Lipinski definition) is 4. The highest BCUT2D eigenvalue weighted by molar-refractivity contribution is 6.33. The van der Waals surface area contributed by atoms with E-state index in [2.05, 4.69) is 26.3 Å². The molecule has 4 N–H and O–H groups in total. The summed E-state index contributed by atoms with van der Waals surface area (Å²) in [6, 6.07) is 9.25. The van der Waals surface area contributed by atoms with Crippen molar-refractivity contribution < 1.29 is 22.7 Å². The lowest BCUT2D eigenvalue weighted by molar-refractivity contribution is -0.137. The van der Waals surface area contributed by atoms with Crippen LogP contribution in [0.5, 0.6) is 5.75 Å². The van der Waals surface area contributed by atoms with Gasteiger partial charge < -0.3 is 26.0 Å². The van der Waals surface area contributed by atoms with Crippen LogP contribution in [0.4, 0.5) is 36.1 Å². The molecule has 2 aromatic carbocycles. The standard InChI is InChI=1S/C25H23ClF3N5O2/c1-12-5-4-6-16(26)19(12)33-23-31-17-9-14(21-15(20(17)34-23)10-24(2,3)36-21)22(35)32-18-8-7-13(11-30-18)25(27,28)29/h4-9,11,23,31,33-34H,10H2,1-3H3,(H,30,32,35). The molecule has 188 valence electrons. The molecule has 3 aromatic rings. The number of rotatable bonds is 4. The number of para-hydroxylation sites is 1. The number of amides is 1. The molecular formula is C25H23ClF3N5O2. The van der Waals surface area contributed by atoms with Crippen molar-refractivity contribution in [1.29, 1.82) is 0 Å². The maximum atomic E-state index is 13.2. The van der Waals surface area contributed by atoms with E-state index in [9.17, 15) is 18.0 Å². The van der Waals surface area contributed by atoms with Crippen LogP contribution in [0.25, 0.3) is 0 Å². The molecule has 0 aliphatic carbocycles. The molecule has 0 fully saturated rings. The second-order valence-electron chi connectivity index (χ2n) is 9.37. The zero-order valence-electron chi connectivity index (χ0n) is 19.6. The number of aryl methyl sites for hydroxylation is 1. The lowest BCUT2D eigenvalue weighted by atomic mass is 9.97. The fourth-order valence-electron chi connectivity index (χ4n) is 4.38. The van der Waals surface area contributed by atoms with E-state index in [0.29, 0.717) is 29.1 Å². The molecule has 5 rings (SSSR count). The zero-order chi connectivity index (χ0) is 25.8. The van der Waals surface area contributed by atoms with E-state index in [1.165, 1.54) is 0 Å². The Morgan fingerprint density at radius 2 is 2.00 bits per heavy atom.